The summed E-state index contributed by atoms with van der Waals surface area (Å²) in [5.41, 5.74) is 3.04. The number of methoxy groups -OCH3 is 1. The van der Waals surface area contributed by atoms with E-state index in [0.29, 0.717) is 0 Å². The Morgan fingerprint density at radius 3 is 3.00 bits per heavy atom. The lowest BCUT2D eigenvalue weighted by Crippen LogP contribution is -2.16. The maximum atomic E-state index is 11.1. The van der Waals surface area contributed by atoms with Crippen LogP contribution in [-0.4, -0.2) is 19.6 Å². The Labute approximate surface area is 95.0 Å². The molecule has 0 atom stereocenters. The zero-order chi connectivity index (χ0) is 11.5. The molecule has 86 valence electrons. The Hall–Kier alpha value is -1.71. The highest BCUT2D eigenvalue weighted by Crippen LogP contribution is 2.34. The van der Waals surface area contributed by atoms with Gasteiger partial charge in [-0.25, -0.2) is 0 Å². The van der Waals surface area contributed by atoms with Crippen LogP contribution in [0.15, 0.2) is 12.1 Å². The Bertz CT molecular complexity index is 416. The van der Waals surface area contributed by atoms with Crippen molar-refractivity contribution < 1.29 is 9.53 Å². The molecule has 4 nitrogen and oxygen atoms in total. The van der Waals surface area contributed by atoms with E-state index in [4.69, 9.17) is 4.74 Å². The Morgan fingerprint density at radius 1 is 1.50 bits per heavy atom. The second kappa shape index (κ2) is 4.43. The Kier molecular flexibility index (Phi) is 2.99. The molecular formula is C12H16N2O2. The fraction of sp³-hybridized carbons (Fsp3) is 0.417. The molecule has 0 fully saturated rings. The first-order valence-corrected chi connectivity index (χ1v) is 5.43. The fourth-order valence-electron chi connectivity index (χ4n) is 1.98. The second-order valence-electron chi connectivity index (χ2n) is 3.92. The number of anilines is 2. The van der Waals surface area contributed by atoms with Crippen LogP contribution < -0.4 is 15.4 Å². The summed E-state index contributed by atoms with van der Waals surface area (Å²) in [5.74, 6) is 0.717. The molecule has 1 aliphatic rings. The van der Waals surface area contributed by atoms with Crippen LogP contribution in [0.4, 0.5) is 11.4 Å². The fourth-order valence-corrected chi connectivity index (χ4v) is 1.98. The normalized spacial score (nSPS) is 13.6. The molecule has 16 heavy (non-hydrogen) atoms. The average molecular weight is 220 g/mol. The highest BCUT2D eigenvalue weighted by atomic mass is 16.5. The molecular weight excluding hydrogens is 204 g/mol. The van der Waals surface area contributed by atoms with Crippen molar-refractivity contribution in [2.45, 2.75) is 19.8 Å². The smallest absolute Gasteiger partial charge is 0.221 e. The molecule has 1 amide bonds. The number of benzene rings is 1. The van der Waals surface area contributed by atoms with E-state index < -0.39 is 0 Å². The Balaban J connectivity index is 2.43. The summed E-state index contributed by atoms with van der Waals surface area (Å²) >= 11 is 0. The number of ether oxygens (including phenoxy) is 1. The third-order valence-electron chi connectivity index (χ3n) is 2.66. The van der Waals surface area contributed by atoms with Gasteiger partial charge in [0.15, 0.2) is 0 Å². The van der Waals surface area contributed by atoms with Gasteiger partial charge in [0, 0.05) is 19.5 Å². The van der Waals surface area contributed by atoms with E-state index in [9.17, 15) is 4.79 Å². The molecule has 0 aromatic heterocycles. The van der Waals surface area contributed by atoms with E-state index in [1.165, 1.54) is 12.5 Å². The number of aryl methyl sites for hydroxylation is 1. The van der Waals surface area contributed by atoms with Crippen LogP contribution in [0, 0.1) is 0 Å². The van der Waals surface area contributed by atoms with Crippen molar-refractivity contribution in [3.05, 3.63) is 17.7 Å². The minimum absolute atomic E-state index is 0.0668. The third-order valence-corrected chi connectivity index (χ3v) is 2.66. The molecule has 2 rings (SSSR count). The van der Waals surface area contributed by atoms with Crippen LogP contribution >= 0.6 is 0 Å². The van der Waals surface area contributed by atoms with Gasteiger partial charge < -0.3 is 15.4 Å². The lowest BCUT2D eigenvalue weighted by molar-refractivity contribution is -0.114. The van der Waals surface area contributed by atoms with Crippen molar-refractivity contribution in [3.8, 4) is 5.75 Å². The van der Waals surface area contributed by atoms with Gasteiger partial charge in [0.25, 0.3) is 0 Å². The van der Waals surface area contributed by atoms with Crippen molar-refractivity contribution in [1.29, 1.82) is 0 Å². The summed E-state index contributed by atoms with van der Waals surface area (Å²) < 4.78 is 5.22. The Morgan fingerprint density at radius 2 is 2.31 bits per heavy atom. The van der Waals surface area contributed by atoms with Crippen LogP contribution in [0.1, 0.15) is 18.9 Å². The lowest BCUT2D eigenvalue weighted by Gasteiger charge is -2.22. The number of hydrogen-bond acceptors (Lipinski definition) is 3. The maximum absolute atomic E-state index is 11.1. The predicted molar refractivity (Wildman–Crippen MR) is 64.1 cm³/mol. The third kappa shape index (κ3) is 2.10. The zero-order valence-electron chi connectivity index (χ0n) is 9.59. The quantitative estimate of drug-likeness (QED) is 0.801. The second-order valence-corrected chi connectivity index (χ2v) is 3.92. The first-order chi connectivity index (χ1) is 7.70. The molecule has 2 N–H and O–H groups in total. The van der Waals surface area contributed by atoms with Gasteiger partial charge in [0.05, 0.1) is 18.5 Å². The first-order valence-electron chi connectivity index (χ1n) is 5.43. The van der Waals surface area contributed by atoms with E-state index in [1.807, 2.05) is 12.1 Å². The number of nitrogens with one attached hydrogen (secondary N) is 2. The van der Waals surface area contributed by atoms with Crippen molar-refractivity contribution in [2.24, 2.45) is 0 Å². The van der Waals surface area contributed by atoms with E-state index in [0.717, 1.165) is 36.5 Å². The summed E-state index contributed by atoms with van der Waals surface area (Å²) in [6.45, 7) is 2.46. The molecule has 0 aliphatic carbocycles. The molecule has 1 aromatic rings. The molecule has 0 bridgehead atoms. The first kappa shape index (κ1) is 10.8. The van der Waals surface area contributed by atoms with Gasteiger partial charge in [-0.15, -0.1) is 0 Å². The minimum Gasteiger partial charge on any atom is -0.497 e. The maximum Gasteiger partial charge on any atom is 0.221 e. The van der Waals surface area contributed by atoms with Crippen molar-refractivity contribution in [3.63, 3.8) is 0 Å². The largest absolute Gasteiger partial charge is 0.497 e. The molecule has 0 radical (unpaired) electrons. The van der Waals surface area contributed by atoms with Crippen LogP contribution in [0.5, 0.6) is 5.75 Å². The van der Waals surface area contributed by atoms with Crippen molar-refractivity contribution in [1.82, 2.24) is 0 Å². The van der Waals surface area contributed by atoms with Crippen LogP contribution in [0.3, 0.4) is 0 Å². The van der Waals surface area contributed by atoms with E-state index in [-0.39, 0.29) is 5.91 Å². The minimum atomic E-state index is -0.0668. The molecule has 0 spiro atoms. The average Bonchev–Trinajstić information content (AvgIpc) is 2.28. The molecule has 4 heteroatoms. The molecule has 0 saturated carbocycles. The van der Waals surface area contributed by atoms with Gasteiger partial charge in [-0.2, -0.15) is 0 Å². The zero-order valence-corrected chi connectivity index (χ0v) is 9.59. The molecule has 0 unspecified atom stereocenters. The monoisotopic (exact) mass is 220 g/mol. The van der Waals surface area contributed by atoms with Gasteiger partial charge >= 0.3 is 0 Å². The van der Waals surface area contributed by atoms with Gasteiger partial charge in [-0.3, -0.25) is 4.79 Å². The number of carbonyl (C=O) groups is 1. The standard InChI is InChI=1S/C12H16N2O2/c1-8(15)14-11-7-10(16-2)6-9-4-3-5-13-12(9)11/h6-7,13H,3-5H2,1-2H3,(H,14,15). The van der Waals surface area contributed by atoms with Crippen LogP contribution in [0.25, 0.3) is 0 Å². The number of hydrogen-bond donors (Lipinski definition) is 2. The van der Waals surface area contributed by atoms with Crippen molar-refractivity contribution in [2.75, 3.05) is 24.3 Å². The summed E-state index contributed by atoms with van der Waals surface area (Å²) in [6.07, 6.45) is 2.13. The molecule has 1 aliphatic heterocycles. The highest BCUT2D eigenvalue weighted by molar-refractivity contribution is 5.94. The summed E-state index contributed by atoms with van der Waals surface area (Å²) in [7, 11) is 1.63. The van der Waals surface area contributed by atoms with E-state index >= 15 is 0 Å². The molecule has 1 heterocycles. The predicted octanol–water partition coefficient (Wildman–Crippen LogP) is 2.01. The number of rotatable bonds is 2. The topological polar surface area (TPSA) is 50.4 Å². The lowest BCUT2D eigenvalue weighted by atomic mass is 10.0. The van der Waals surface area contributed by atoms with Gasteiger partial charge in [-0.05, 0) is 24.5 Å². The highest BCUT2D eigenvalue weighted by Gasteiger charge is 2.15. The van der Waals surface area contributed by atoms with Gasteiger partial charge in [0.2, 0.25) is 5.91 Å². The van der Waals surface area contributed by atoms with Crippen molar-refractivity contribution >= 4 is 17.3 Å². The molecule has 0 saturated heterocycles. The van der Waals surface area contributed by atoms with E-state index in [2.05, 4.69) is 10.6 Å². The summed E-state index contributed by atoms with van der Waals surface area (Å²) in [6, 6.07) is 3.87. The number of amides is 1. The SMILES string of the molecule is COc1cc2c(c(NC(C)=O)c1)NCCC2. The summed E-state index contributed by atoms with van der Waals surface area (Å²) in [4.78, 5) is 11.1. The van der Waals surface area contributed by atoms with Crippen LogP contribution in [-0.2, 0) is 11.2 Å². The summed E-state index contributed by atoms with van der Waals surface area (Å²) in [5, 5.41) is 6.14. The number of fused-ring (bicyclic) bond motifs is 1. The molecule has 1 aromatic carbocycles. The number of carbonyl (C=O) groups excluding carboxylic acids is 1. The van der Waals surface area contributed by atoms with Gasteiger partial charge in [-0.1, -0.05) is 0 Å². The van der Waals surface area contributed by atoms with Gasteiger partial charge in [0.1, 0.15) is 5.75 Å². The van der Waals surface area contributed by atoms with E-state index in [1.54, 1.807) is 7.11 Å². The van der Waals surface area contributed by atoms with Crippen LogP contribution in [0.2, 0.25) is 0 Å².